The zero-order valence-electron chi connectivity index (χ0n) is 13.8. The molecule has 0 bridgehead atoms. The van der Waals surface area contributed by atoms with Gasteiger partial charge in [0.25, 0.3) is 5.56 Å². The minimum absolute atomic E-state index is 0.190. The van der Waals surface area contributed by atoms with Crippen molar-refractivity contribution in [1.82, 2.24) is 19.9 Å². The smallest absolute Gasteiger partial charge is 0.277 e. The van der Waals surface area contributed by atoms with Crippen LogP contribution in [0.1, 0.15) is 11.1 Å². The normalized spacial score (nSPS) is 11.1. The quantitative estimate of drug-likeness (QED) is 0.387. The van der Waals surface area contributed by atoms with Gasteiger partial charge in [0.1, 0.15) is 0 Å². The molecule has 0 atom stereocenters. The van der Waals surface area contributed by atoms with Crippen molar-refractivity contribution in [3.63, 3.8) is 0 Å². The fourth-order valence-electron chi connectivity index (χ4n) is 2.45. The van der Waals surface area contributed by atoms with Gasteiger partial charge in [-0.15, -0.1) is 0 Å². The monoisotopic (exact) mass is 380 g/mol. The minimum atomic E-state index is -0.190. The zero-order valence-corrected chi connectivity index (χ0v) is 15.4. The van der Waals surface area contributed by atoms with Gasteiger partial charge in [-0.05, 0) is 11.1 Å². The number of hydrogen-bond donors (Lipinski definition) is 2. The summed E-state index contributed by atoms with van der Waals surface area (Å²) in [7, 11) is 0. The predicted molar refractivity (Wildman–Crippen MR) is 107 cm³/mol. The fourth-order valence-corrected chi connectivity index (χ4v) is 4.09. The van der Waals surface area contributed by atoms with Gasteiger partial charge in [0.2, 0.25) is 0 Å². The Morgan fingerprint density at radius 3 is 1.77 bits per heavy atom. The van der Waals surface area contributed by atoms with Gasteiger partial charge in [0, 0.05) is 11.5 Å². The van der Waals surface area contributed by atoms with E-state index in [1.807, 2.05) is 36.4 Å². The molecule has 0 unspecified atom stereocenters. The summed E-state index contributed by atoms with van der Waals surface area (Å²) in [6, 6.07) is 20.2. The Morgan fingerprint density at radius 2 is 1.23 bits per heavy atom. The first-order chi connectivity index (χ1) is 12.8. The minimum Gasteiger partial charge on any atom is -0.327 e. The highest BCUT2D eigenvalue weighted by atomic mass is 32.2. The molecular formula is C19H16N4OS2. The van der Waals surface area contributed by atoms with E-state index in [1.165, 1.54) is 22.9 Å². The molecule has 2 heterocycles. The van der Waals surface area contributed by atoms with Crippen LogP contribution in [0.15, 0.2) is 75.8 Å². The molecule has 4 rings (SSSR count). The Balaban J connectivity index is 1.50. The summed E-state index contributed by atoms with van der Waals surface area (Å²) in [5, 5.41) is 1.28. The first-order valence-electron chi connectivity index (χ1n) is 8.11. The molecular weight excluding hydrogens is 364 g/mol. The van der Waals surface area contributed by atoms with Crippen LogP contribution in [0.5, 0.6) is 0 Å². The van der Waals surface area contributed by atoms with E-state index in [0.717, 1.165) is 11.5 Å². The molecule has 2 aromatic heterocycles. The number of fused-ring (bicyclic) bond motifs is 1. The van der Waals surface area contributed by atoms with Gasteiger partial charge in [-0.3, -0.25) is 9.78 Å². The molecule has 5 nitrogen and oxygen atoms in total. The first kappa shape index (κ1) is 16.9. The molecule has 4 aromatic rings. The van der Waals surface area contributed by atoms with Crippen LogP contribution in [-0.2, 0) is 11.5 Å². The van der Waals surface area contributed by atoms with Crippen LogP contribution in [0.25, 0.3) is 11.2 Å². The zero-order chi connectivity index (χ0) is 17.8. The molecule has 0 radical (unpaired) electrons. The highest BCUT2D eigenvalue weighted by molar-refractivity contribution is 7.98. The second-order valence-corrected chi connectivity index (χ2v) is 7.59. The maximum absolute atomic E-state index is 12.3. The molecule has 0 aliphatic carbocycles. The van der Waals surface area contributed by atoms with E-state index >= 15 is 0 Å². The molecule has 0 spiro atoms. The van der Waals surface area contributed by atoms with Crippen LogP contribution < -0.4 is 5.56 Å². The number of hydrogen-bond acceptors (Lipinski definition) is 5. The molecule has 26 heavy (non-hydrogen) atoms. The Labute approximate surface area is 158 Å². The number of rotatable bonds is 6. The first-order valence-corrected chi connectivity index (χ1v) is 10.1. The lowest BCUT2D eigenvalue weighted by Crippen LogP contribution is -2.09. The highest BCUT2D eigenvalue weighted by Gasteiger charge is 2.11. The van der Waals surface area contributed by atoms with Crippen molar-refractivity contribution in [1.29, 1.82) is 0 Å². The average molecular weight is 380 g/mol. The van der Waals surface area contributed by atoms with E-state index in [2.05, 4.69) is 44.2 Å². The third-order valence-corrected chi connectivity index (χ3v) is 5.64. The summed E-state index contributed by atoms with van der Waals surface area (Å²) >= 11 is 3.05. The fraction of sp³-hybridized carbons (Fsp3) is 0.105. The van der Waals surface area contributed by atoms with E-state index < -0.39 is 0 Å². The van der Waals surface area contributed by atoms with Gasteiger partial charge in [-0.25, -0.2) is 9.97 Å². The predicted octanol–water partition coefficient (Wildman–Crippen LogP) is 4.23. The van der Waals surface area contributed by atoms with Crippen LogP contribution in [-0.4, -0.2) is 19.9 Å². The Hall–Kier alpha value is -2.51. The average Bonchev–Trinajstić information content (AvgIpc) is 3.10. The Morgan fingerprint density at radius 1 is 0.731 bits per heavy atom. The Kier molecular flexibility index (Phi) is 5.08. The summed E-state index contributed by atoms with van der Waals surface area (Å²) < 4.78 is 0. The van der Waals surface area contributed by atoms with Gasteiger partial charge < -0.3 is 4.98 Å². The lowest BCUT2D eigenvalue weighted by atomic mass is 10.2. The molecule has 0 amide bonds. The van der Waals surface area contributed by atoms with Gasteiger partial charge in [-0.2, -0.15) is 0 Å². The van der Waals surface area contributed by atoms with Crippen molar-refractivity contribution in [2.24, 2.45) is 0 Å². The van der Waals surface area contributed by atoms with E-state index in [4.69, 9.17) is 0 Å². The number of H-pyrrole nitrogens is 2. The van der Waals surface area contributed by atoms with E-state index in [0.29, 0.717) is 21.5 Å². The molecule has 2 aromatic carbocycles. The second-order valence-electron chi connectivity index (χ2n) is 5.66. The van der Waals surface area contributed by atoms with E-state index in [-0.39, 0.29) is 5.56 Å². The van der Waals surface area contributed by atoms with E-state index in [1.54, 1.807) is 11.8 Å². The maximum Gasteiger partial charge on any atom is 0.277 e. The number of nitrogens with one attached hydrogen (secondary N) is 2. The molecule has 0 saturated carbocycles. The largest absolute Gasteiger partial charge is 0.327 e. The highest BCUT2D eigenvalue weighted by Crippen LogP contribution is 2.23. The van der Waals surface area contributed by atoms with Gasteiger partial charge in [0.05, 0.1) is 0 Å². The molecule has 0 aliphatic heterocycles. The summed E-state index contributed by atoms with van der Waals surface area (Å²) in [4.78, 5) is 27.1. The number of nitrogens with zero attached hydrogens (tertiary/aromatic N) is 2. The van der Waals surface area contributed by atoms with Crippen LogP contribution in [0, 0.1) is 0 Å². The SMILES string of the molecule is O=c1[nH]c(SCc2ccccc2)nc2nc(SCc3ccccc3)[nH]c12. The van der Waals surface area contributed by atoms with Crippen molar-refractivity contribution < 1.29 is 0 Å². The third kappa shape index (κ3) is 4.00. The Bertz CT molecular complexity index is 1060. The molecule has 0 saturated heterocycles. The van der Waals surface area contributed by atoms with Gasteiger partial charge >= 0.3 is 0 Å². The van der Waals surface area contributed by atoms with Gasteiger partial charge in [-0.1, -0.05) is 84.2 Å². The lowest BCUT2D eigenvalue weighted by Gasteiger charge is -2.00. The summed E-state index contributed by atoms with van der Waals surface area (Å²) in [6.45, 7) is 0. The number of imidazole rings is 1. The van der Waals surface area contributed by atoms with Crippen LogP contribution in [0.3, 0.4) is 0 Å². The van der Waals surface area contributed by atoms with Crippen molar-refractivity contribution >= 4 is 34.7 Å². The van der Waals surface area contributed by atoms with Crippen LogP contribution in [0.2, 0.25) is 0 Å². The van der Waals surface area contributed by atoms with E-state index in [9.17, 15) is 4.79 Å². The number of benzene rings is 2. The molecule has 130 valence electrons. The summed E-state index contributed by atoms with van der Waals surface area (Å²) in [6.07, 6.45) is 0. The summed E-state index contributed by atoms with van der Waals surface area (Å²) in [5.41, 5.74) is 3.08. The van der Waals surface area contributed by atoms with Crippen molar-refractivity contribution in [3.05, 3.63) is 82.1 Å². The molecule has 0 fully saturated rings. The maximum atomic E-state index is 12.3. The van der Waals surface area contributed by atoms with Crippen LogP contribution >= 0.6 is 23.5 Å². The van der Waals surface area contributed by atoms with Gasteiger partial charge in [0.15, 0.2) is 21.5 Å². The summed E-state index contributed by atoms with van der Waals surface area (Å²) in [5.74, 6) is 1.53. The van der Waals surface area contributed by atoms with Crippen LogP contribution in [0.4, 0.5) is 0 Å². The molecule has 0 aliphatic rings. The molecule has 7 heteroatoms. The number of aromatic nitrogens is 4. The topological polar surface area (TPSA) is 74.4 Å². The second kappa shape index (κ2) is 7.80. The van der Waals surface area contributed by atoms with Crippen molar-refractivity contribution in [2.75, 3.05) is 0 Å². The third-order valence-electron chi connectivity index (χ3n) is 3.75. The molecule has 2 N–H and O–H groups in total. The van der Waals surface area contributed by atoms with Crippen molar-refractivity contribution in [3.8, 4) is 0 Å². The number of thioether (sulfide) groups is 2. The van der Waals surface area contributed by atoms with Crippen molar-refractivity contribution in [2.45, 2.75) is 21.8 Å². The number of aromatic amines is 2. The lowest BCUT2D eigenvalue weighted by molar-refractivity contribution is 0.963. The standard InChI is InChI=1S/C19H16N4OS2/c24-17-15-16(21-18(20-15)25-11-13-7-3-1-4-8-13)22-19(23-17)26-12-14-9-5-2-6-10-14/h1-10H,11-12H2,(H2,20,21,22,23,24).